The average Bonchev–Trinajstić information content (AvgIpc) is 2.49. The lowest BCUT2D eigenvalue weighted by Crippen LogP contribution is -2.24. The molecule has 1 saturated carbocycles. The molecule has 4 unspecified atom stereocenters. The van der Waals surface area contributed by atoms with Crippen LogP contribution in [0.3, 0.4) is 0 Å². The van der Waals surface area contributed by atoms with Gasteiger partial charge in [0, 0.05) is 0 Å². The van der Waals surface area contributed by atoms with E-state index >= 15 is 0 Å². The Bertz CT molecular complexity index is 394. The van der Waals surface area contributed by atoms with Crippen molar-refractivity contribution in [1.29, 1.82) is 0 Å². The van der Waals surface area contributed by atoms with Gasteiger partial charge in [-0.1, -0.05) is 24.1 Å². The fourth-order valence-corrected chi connectivity index (χ4v) is 5.78. The van der Waals surface area contributed by atoms with E-state index in [1.165, 1.54) is 17.7 Å². The first-order valence-electron chi connectivity index (χ1n) is 7.23. The predicted molar refractivity (Wildman–Crippen MR) is 86.6 cm³/mol. The summed E-state index contributed by atoms with van der Waals surface area (Å²) in [6.07, 6.45) is 11.4. The zero-order chi connectivity index (χ0) is 13.7. The zero-order valence-corrected chi connectivity index (χ0v) is 14.0. The van der Waals surface area contributed by atoms with E-state index in [4.69, 9.17) is 0 Å². The van der Waals surface area contributed by atoms with E-state index in [9.17, 15) is 0 Å². The fourth-order valence-electron chi connectivity index (χ4n) is 4.15. The van der Waals surface area contributed by atoms with E-state index in [-0.39, 0.29) is 10.0 Å². The van der Waals surface area contributed by atoms with Crippen LogP contribution >= 0.6 is 10.0 Å². The molecule has 0 aromatic carbocycles. The van der Waals surface area contributed by atoms with Crippen molar-refractivity contribution in [2.24, 2.45) is 23.7 Å². The van der Waals surface area contributed by atoms with Gasteiger partial charge < -0.3 is 0 Å². The standard InChI is InChI=1S/C17H30S/c1-11-9-16-12(2)8-15(10-18(5,6)7)17(16)14(4)13(11)3/h9,12,15-17H,8,10H2,1-7H3. The molecule has 0 amide bonds. The quantitative estimate of drug-likeness (QED) is 0.669. The number of allylic oxidation sites excluding steroid dienone is 4. The summed E-state index contributed by atoms with van der Waals surface area (Å²) in [6, 6.07) is 0. The third-order valence-electron chi connectivity index (χ3n) is 5.09. The molecule has 0 saturated heterocycles. The predicted octanol–water partition coefficient (Wildman–Crippen LogP) is 4.87. The molecule has 2 aliphatic carbocycles. The van der Waals surface area contributed by atoms with Gasteiger partial charge in [0.05, 0.1) is 0 Å². The molecule has 0 aliphatic heterocycles. The molecular formula is C17H30S. The number of hydrogen-bond acceptors (Lipinski definition) is 0. The minimum atomic E-state index is -0.379. The maximum absolute atomic E-state index is 2.58. The van der Waals surface area contributed by atoms with Crippen molar-refractivity contribution in [2.45, 2.75) is 34.1 Å². The van der Waals surface area contributed by atoms with Crippen LogP contribution in [0, 0.1) is 23.7 Å². The highest BCUT2D eigenvalue weighted by molar-refractivity contribution is 8.32. The van der Waals surface area contributed by atoms with Crippen molar-refractivity contribution >= 4 is 10.0 Å². The van der Waals surface area contributed by atoms with Crippen LogP contribution in [0.4, 0.5) is 0 Å². The van der Waals surface area contributed by atoms with Crippen molar-refractivity contribution in [3.05, 3.63) is 22.8 Å². The van der Waals surface area contributed by atoms with Crippen LogP contribution in [-0.2, 0) is 0 Å². The van der Waals surface area contributed by atoms with E-state index in [1.807, 2.05) is 0 Å². The Hall–Kier alpha value is -0.170. The van der Waals surface area contributed by atoms with Gasteiger partial charge in [-0.15, -0.1) is 0 Å². The van der Waals surface area contributed by atoms with Gasteiger partial charge >= 0.3 is 0 Å². The number of rotatable bonds is 2. The Labute approximate surface area is 115 Å². The van der Waals surface area contributed by atoms with Crippen molar-refractivity contribution in [1.82, 2.24) is 0 Å². The summed E-state index contributed by atoms with van der Waals surface area (Å²) in [6.45, 7) is 9.48. The Morgan fingerprint density at radius 3 is 2.33 bits per heavy atom. The molecule has 2 aliphatic rings. The first-order valence-corrected chi connectivity index (χ1v) is 10.3. The van der Waals surface area contributed by atoms with Crippen LogP contribution in [0.1, 0.15) is 34.1 Å². The second kappa shape index (κ2) is 4.74. The highest BCUT2D eigenvalue weighted by atomic mass is 32.3. The molecule has 0 radical (unpaired) electrons. The summed E-state index contributed by atoms with van der Waals surface area (Å²) in [5, 5.41) is 0. The van der Waals surface area contributed by atoms with Crippen LogP contribution in [0.2, 0.25) is 0 Å². The average molecular weight is 266 g/mol. The largest absolute Gasteiger partial charge is 0.249 e. The van der Waals surface area contributed by atoms with Crippen molar-refractivity contribution in [3.63, 3.8) is 0 Å². The Kier molecular flexibility index (Phi) is 3.75. The van der Waals surface area contributed by atoms with Crippen LogP contribution in [0.25, 0.3) is 0 Å². The van der Waals surface area contributed by atoms with E-state index in [2.05, 4.69) is 52.5 Å². The molecule has 0 nitrogen and oxygen atoms in total. The SMILES string of the molecule is CC1=CC2C(C)CC(CS(C)(C)C)C2C(C)=C1C. The van der Waals surface area contributed by atoms with Crippen LogP contribution in [-0.4, -0.2) is 24.5 Å². The van der Waals surface area contributed by atoms with Crippen LogP contribution in [0.5, 0.6) is 0 Å². The molecule has 0 N–H and O–H groups in total. The molecule has 0 spiro atoms. The van der Waals surface area contributed by atoms with Crippen molar-refractivity contribution < 1.29 is 0 Å². The fraction of sp³-hybridized carbons (Fsp3) is 0.765. The van der Waals surface area contributed by atoms with Gasteiger partial charge in [0.15, 0.2) is 0 Å². The Morgan fingerprint density at radius 1 is 1.17 bits per heavy atom. The minimum absolute atomic E-state index is 0.379. The maximum atomic E-state index is 2.58. The summed E-state index contributed by atoms with van der Waals surface area (Å²) in [7, 11) is -0.379. The highest BCUT2D eigenvalue weighted by Gasteiger charge is 2.43. The molecule has 1 fully saturated rings. The Balaban J connectivity index is 2.29. The molecule has 0 heterocycles. The van der Waals surface area contributed by atoms with Crippen LogP contribution < -0.4 is 0 Å². The van der Waals surface area contributed by atoms with Gasteiger partial charge in [-0.05, 0) is 81.0 Å². The van der Waals surface area contributed by atoms with Crippen molar-refractivity contribution in [2.75, 3.05) is 24.5 Å². The monoisotopic (exact) mass is 266 g/mol. The lowest BCUT2D eigenvalue weighted by molar-refractivity contribution is 0.402. The second-order valence-electron chi connectivity index (χ2n) is 7.49. The van der Waals surface area contributed by atoms with Gasteiger partial charge in [0.1, 0.15) is 0 Å². The molecule has 4 atom stereocenters. The summed E-state index contributed by atoms with van der Waals surface area (Å²) in [4.78, 5) is 0. The van der Waals surface area contributed by atoms with Crippen LogP contribution in [0.15, 0.2) is 22.8 Å². The van der Waals surface area contributed by atoms with E-state index in [0.717, 1.165) is 23.7 Å². The normalized spacial score (nSPS) is 37.6. The second-order valence-corrected chi connectivity index (χ2v) is 12.0. The highest BCUT2D eigenvalue weighted by Crippen LogP contribution is 2.54. The van der Waals surface area contributed by atoms with E-state index < -0.39 is 0 Å². The van der Waals surface area contributed by atoms with Gasteiger partial charge in [0.25, 0.3) is 0 Å². The molecule has 18 heavy (non-hydrogen) atoms. The number of fused-ring (bicyclic) bond motifs is 1. The molecule has 0 aromatic heterocycles. The first kappa shape index (κ1) is 14.2. The topological polar surface area (TPSA) is 0 Å². The van der Waals surface area contributed by atoms with Gasteiger partial charge in [-0.25, -0.2) is 10.0 Å². The lowest BCUT2D eigenvalue weighted by atomic mass is 9.75. The summed E-state index contributed by atoms with van der Waals surface area (Å²) in [5.74, 6) is 4.92. The van der Waals surface area contributed by atoms with Gasteiger partial charge in [0.2, 0.25) is 0 Å². The Morgan fingerprint density at radius 2 is 1.78 bits per heavy atom. The van der Waals surface area contributed by atoms with Gasteiger partial charge in [-0.2, -0.15) is 0 Å². The van der Waals surface area contributed by atoms with Gasteiger partial charge in [-0.3, -0.25) is 0 Å². The maximum Gasteiger partial charge on any atom is -0.00987 e. The number of hydrogen-bond donors (Lipinski definition) is 0. The molecular weight excluding hydrogens is 236 g/mol. The third-order valence-corrected chi connectivity index (χ3v) is 6.52. The summed E-state index contributed by atoms with van der Waals surface area (Å²) in [5.41, 5.74) is 4.79. The molecule has 104 valence electrons. The molecule has 0 aromatic rings. The van der Waals surface area contributed by atoms with E-state index in [0.29, 0.717) is 0 Å². The van der Waals surface area contributed by atoms with E-state index in [1.54, 1.807) is 11.1 Å². The summed E-state index contributed by atoms with van der Waals surface area (Å²) < 4.78 is 0. The molecule has 2 rings (SSSR count). The first-order chi connectivity index (χ1) is 8.20. The summed E-state index contributed by atoms with van der Waals surface area (Å²) >= 11 is 0. The minimum Gasteiger partial charge on any atom is -0.249 e. The third kappa shape index (κ3) is 2.57. The molecule has 0 bridgehead atoms. The molecule has 1 heteroatoms. The van der Waals surface area contributed by atoms with Crippen molar-refractivity contribution in [3.8, 4) is 0 Å². The zero-order valence-electron chi connectivity index (χ0n) is 13.2. The lowest BCUT2D eigenvalue weighted by Gasteiger charge is -2.36. The smallest absolute Gasteiger partial charge is 0.00987 e.